The van der Waals surface area contributed by atoms with E-state index in [2.05, 4.69) is 82.6 Å². The third kappa shape index (κ3) is 4.30. The SMILES string of the molecule is OCCN1CCN(C[C@H](O)Cn2c3ccc(Br)cc3c3cc(Br)ccc32)CC1. The molecule has 28 heavy (non-hydrogen) atoms. The highest BCUT2D eigenvalue weighted by Crippen LogP contribution is 2.33. The second-order valence-electron chi connectivity index (χ2n) is 7.45. The number of halogens is 2. The summed E-state index contributed by atoms with van der Waals surface area (Å²) in [6.07, 6.45) is -0.435. The zero-order chi connectivity index (χ0) is 19.7. The van der Waals surface area contributed by atoms with Gasteiger partial charge in [0.1, 0.15) is 0 Å². The molecule has 0 radical (unpaired) electrons. The number of nitrogens with zero attached hydrogens (tertiary/aromatic N) is 3. The van der Waals surface area contributed by atoms with Gasteiger partial charge in [0.2, 0.25) is 0 Å². The molecule has 1 aliphatic rings. The molecule has 0 bridgehead atoms. The Bertz CT molecular complexity index is 908. The quantitative estimate of drug-likeness (QED) is 0.534. The number of aliphatic hydroxyl groups is 2. The van der Waals surface area contributed by atoms with Crippen LogP contribution in [0.4, 0.5) is 0 Å². The summed E-state index contributed by atoms with van der Waals surface area (Å²) in [5, 5.41) is 22.3. The number of aromatic nitrogens is 1. The minimum Gasteiger partial charge on any atom is -0.395 e. The Morgan fingerprint density at radius 1 is 0.821 bits per heavy atom. The van der Waals surface area contributed by atoms with E-state index in [-0.39, 0.29) is 6.61 Å². The van der Waals surface area contributed by atoms with Crippen LogP contribution < -0.4 is 0 Å². The van der Waals surface area contributed by atoms with Gasteiger partial charge in [-0.25, -0.2) is 0 Å². The fraction of sp³-hybridized carbons (Fsp3) is 0.429. The Morgan fingerprint density at radius 3 is 1.89 bits per heavy atom. The molecule has 2 N–H and O–H groups in total. The number of hydrogen-bond acceptors (Lipinski definition) is 4. The molecule has 5 nitrogen and oxygen atoms in total. The van der Waals surface area contributed by atoms with Crippen molar-refractivity contribution in [3.05, 3.63) is 45.3 Å². The normalized spacial score (nSPS) is 17.6. The average Bonchev–Trinajstić information content (AvgIpc) is 2.96. The van der Waals surface area contributed by atoms with E-state index in [4.69, 9.17) is 5.11 Å². The summed E-state index contributed by atoms with van der Waals surface area (Å²) in [6, 6.07) is 12.6. The van der Waals surface area contributed by atoms with Crippen molar-refractivity contribution in [1.29, 1.82) is 0 Å². The zero-order valence-electron chi connectivity index (χ0n) is 15.7. The molecule has 4 rings (SSSR count). The van der Waals surface area contributed by atoms with E-state index >= 15 is 0 Å². The molecule has 1 atom stereocenters. The fourth-order valence-electron chi connectivity index (χ4n) is 4.15. The van der Waals surface area contributed by atoms with Gasteiger partial charge in [-0.1, -0.05) is 31.9 Å². The predicted molar refractivity (Wildman–Crippen MR) is 121 cm³/mol. The minimum absolute atomic E-state index is 0.211. The van der Waals surface area contributed by atoms with Gasteiger partial charge in [-0.15, -0.1) is 0 Å². The largest absolute Gasteiger partial charge is 0.395 e. The van der Waals surface area contributed by atoms with Crippen LogP contribution >= 0.6 is 31.9 Å². The van der Waals surface area contributed by atoms with Crippen LogP contribution in [0.15, 0.2) is 45.3 Å². The Morgan fingerprint density at radius 2 is 1.36 bits per heavy atom. The topological polar surface area (TPSA) is 51.9 Å². The molecular weight excluding hydrogens is 486 g/mol. The van der Waals surface area contributed by atoms with Gasteiger partial charge in [-0.05, 0) is 36.4 Å². The maximum atomic E-state index is 10.8. The molecule has 1 aliphatic heterocycles. The molecule has 0 amide bonds. The van der Waals surface area contributed by atoms with Crippen LogP contribution in [0.25, 0.3) is 21.8 Å². The van der Waals surface area contributed by atoms with E-state index in [1.54, 1.807) is 0 Å². The van der Waals surface area contributed by atoms with E-state index in [0.29, 0.717) is 13.1 Å². The lowest BCUT2D eigenvalue weighted by Crippen LogP contribution is -2.49. The van der Waals surface area contributed by atoms with Crippen LogP contribution in [0, 0.1) is 0 Å². The Balaban J connectivity index is 1.54. The Kier molecular flexibility index (Phi) is 6.40. The summed E-state index contributed by atoms with van der Waals surface area (Å²) in [5.74, 6) is 0. The summed E-state index contributed by atoms with van der Waals surface area (Å²) in [7, 11) is 0. The minimum atomic E-state index is -0.435. The first-order valence-electron chi connectivity index (χ1n) is 9.66. The van der Waals surface area contributed by atoms with E-state index < -0.39 is 6.10 Å². The van der Waals surface area contributed by atoms with Crippen LogP contribution in [0.1, 0.15) is 0 Å². The van der Waals surface area contributed by atoms with Gasteiger partial charge in [0.25, 0.3) is 0 Å². The molecule has 2 heterocycles. The molecule has 2 aromatic carbocycles. The first kappa shape index (κ1) is 20.3. The van der Waals surface area contributed by atoms with E-state index in [9.17, 15) is 5.11 Å². The monoisotopic (exact) mass is 509 g/mol. The maximum absolute atomic E-state index is 10.8. The summed E-state index contributed by atoms with van der Waals surface area (Å²) in [6.45, 7) is 5.95. The van der Waals surface area contributed by atoms with E-state index in [1.165, 1.54) is 10.8 Å². The number of rotatable bonds is 6. The summed E-state index contributed by atoms with van der Waals surface area (Å²) in [5.41, 5.74) is 2.28. The number of β-amino-alcohol motifs (C(OH)–C–C–N with tert-alkyl or cyclic N) is 2. The highest BCUT2D eigenvalue weighted by atomic mass is 79.9. The molecular formula is C21H25Br2N3O2. The maximum Gasteiger partial charge on any atom is 0.0845 e. The molecule has 1 aromatic heterocycles. The molecule has 0 spiro atoms. The molecule has 7 heteroatoms. The predicted octanol–water partition coefficient (Wildman–Crippen LogP) is 3.29. The standard InChI is InChI=1S/C21H25Br2N3O2/c22-15-1-3-20-18(11-15)19-12-16(23)2-4-21(19)26(20)14-17(28)13-25-7-5-24(6-8-25)9-10-27/h1-4,11-12,17,27-28H,5-10,13-14H2/t17-/m0/s1. The Labute approximate surface area is 181 Å². The van der Waals surface area contributed by atoms with Crippen LogP contribution in [-0.4, -0.2) is 76.6 Å². The lowest BCUT2D eigenvalue weighted by molar-refractivity contribution is 0.0601. The number of hydrogen-bond donors (Lipinski definition) is 2. The Hall–Kier alpha value is -0.960. The van der Waals surface area contributed by atoms with Crippen molar-refractivity contribution in [3.8, 4) is 0 Å². The van der Waals surface area contributed by atoms with Crippen molar-refractivity contribution in [2.75, 3.05) is 45.9 Å². The van der Waals surface area contributed by atoms with Gasteiger partial charge in [0, 0.05) is 70.0 Å². The van der Waals surface area contributed by atoms with Gasteiger partial charge in [-0.3, -0.25) is 9.80 Å². The van der Waals surface area contributed by atoms with Crippen molar-refractivity contribution in [2.24, 2.45) is 0 Å². The summed E-state index contributed by atoms with van der Waals surface area (Å²) in [4.78, 5) is 4.59. The third-order valence-electron chi connectivity index (χ3n) is 5.53. The lowest BCUT2D eigenvalue weighted by Gasteiger charge is -2.35. The van der Waals surface area contributed by atoms with Crippen molar-refractivity contribution in [3.63, 3.8) is 0 Å². The van der Waals surface area contributed by atoms with Crippen LogP contribution in [0.3, 0.4) is 0 Å². The molecule has 0 unspecified atom stereocenters. The van der Waals surface area contributed by atoms with Gasteiger partial charge in [0.05, 0.1) is 19.3 Å². The van der Waals surface area contributed by atoms with Gasteiger partial charge in [0.15, 0.2) is 0 Å². The van der Waals surface area contributed by atoms with Crippen LogP contribution in [-0.2, 0) is 6.54 Å². The van der Waals surface area contributed by atoms with Crippen LogP contribution in [0.5, 0.6) is 0 Å². The van der Waals surface area contributed by atoms with Gasteiger partial charge >= 0.3 is 0 Å². The summed E-state index contributed by atoms with van der Waals surface area (Å²) < 4.78 is 4.34. The highest BCUT2D eigenvalue weighted by molar-refractivity contribution is 9.10. The number of benzene rings is 2. The number of fused-ring (bicyclic) bond motifs is 3. The van der Waals surface area contributed by atoms with E-state index in [1.807, 2.05) is 0 Å². The number of piperazine rings is 1. The second kappa shape index (κ2) is 8.81. The average molecular weight is 511 g/mol. The second-order valence-corrected chi connectivity index (χ2v) is 9.28. The fourth-order valence-corrected chi connectivity index (χ4v) is 4.87. The van der Waals surface area contributed by atoms with Crippen molar-refractivity contribution in [2.45, 2.75) is 12.6 Å². The third-order valence-corrected chi connectivity index (χ3v) is 6.52. The van der Waals surface area contributed by atoms with E-state index in [0.717, 1.165) is 52.7 Å². The van der Waals surface area contributed by atoms with Crippen molar-refractivity contribution in [1.82, 2.24) is 14.4 Å². The molecule has 0 saturated carbocycles. The van der Waals surface area contributed by atoms with Crippen LogP contribution in [0.2, 0.25) is 0 Å². The molecule has 0 aliphatic carbocycles. The first-order chi connectivity index (χ1) is 13.5. The van der Waals surface area contributed by atoms with Crippen molar-refractivity contribution >= 4 is 53.7 Å². The summed E-state index contributed by atoms with van der Waals surface area (Å²) >= 11 is 7.16. The number of aliphatic hydroxyl groups excluding tert-OH is 2. The highest BCUT2D eigenvalue weighted by Gasteiger charge is 2.20. The lowest BCUT2D eigenvalue weighted by atomic mass is 10.2. The molecule has 3 aromatic rings. The molecule has 1 fully saturated rings. The van der Waals surface area contributed by atoms with Gasteiger partial charge < -0.3 is 14.8 Å². The molecule has 1 saturated heterocycles. The zero-order valence-corrected chi connectivity index (χ0v) is 18.9. The molecule has 150 valence electrons. The first-order valence-corrected chi connectivity index (χ1v) is 11.2. The van der Waals surface area contributed by atoms with Gasteiger partial charge in [-0.2, -0.15) is 0 Å². The smallest absolute Gasteiger partial charge is 0.0845 e. The van der Waals surface area contributed by atoms with Crippen molar-refractivity contribution < 1.29 is 10.2 Å².